The number of carboxylic acids is 1. The number of pyridine rings is 1. The highest BCUT2D eigenvalue weighted by atomic mass is 79.9. The lowest BCUT2D eigenvalue weighted by Crippen LogP contribution is -2.21. The zero-order valence-electron chi connectivity index (χ0n) is 14.0. The number of hydrogen-bond acceptors (Lipinski definition) is 4. The van der Waals surface area contributed by atoms with E-state index >= 15 is 0 Å². The van der Waals surface area contributed by atoms with E-state index in [1.807, 2.05) is 18.2 Å². The molecule has 0 saturated carbocycles. The Kier molecular flexibility index (Phi) is 3.69. The van der Waals surface area contributed by atoms with E-state index in [0.717, 1.165) is 15.4 Å². The molecule has 0 atom stereocenters. The Morgan fingerprint density at radius 3 is 2.85 bits per heavy atom. The van der Waals surface area contributed by atoms with Gasteiger partial charge in [-0.15, -0.1) is 0 Å². The molecule has 0 aliphatic rings. The summed E-state index contributed by atoms with van der Waals surface area (Å²) in [6.45, 7) is 1.48. The van der Waals surface area contributed by atoms with Crippen molar-refractivity contribution in [3.8, 4) is 5.69 Å². The van der Waals surface area contributed by atoms with Crippen molar-refractivity contribution in [1.82, 2.24) is 23.9 Å². The van der Waals surface area contributed by atoms with Gasteiger partial charge in [0, 0.05) is 16.9 Å². The summed E-state index contributed by atoms with van der Waals surface area (Å²) < 4.78 is 5.28. The molecule has 0 unspecified atom stereocenters. The van der Waals surface area contributed by atoms with Gasteiger partial charge in [-0.2, -0.15) is 5.10 Å². The van der Waals surface area contributed by atoms with Crippen LogP contribution in [-0.2, 0) is 18.4 Å². The van der Waals surface area contributed by atoms with E-state index in [4.69, 9.17) is 5.11 Å². The molecular formula is C17H14BrN5O3. The summed E-state index contributed by atoms with van der Waals surface area (Å²) in [5.41, 5.74) is 3.03. The number of benzene rings is 1. The number of carbonyl (C=O) groups is 1. The van der Waals surface area contributed by atoms with Crippen molar-refractivity contribution >= 4 is 43.8 Å². The number of nitrogens with zero attached hydrogens (tertiary/aromatic N) is 5. The lowest BCUT2D eigenvalue weighted by Gasteiger charge is -2.05. The van der Waals surface area contributed by atoms with Gasteiger partial charge in [0.05, 0.1) is 40.3 Å². The van der Waals surface area contributed by atoms with Crippen molar-refractivity contribution in [1.29, 1.82) is 0 Å². The maximum Gasteiger partial charge on any atom is 0.333 e. The molecule has 0 fully saturated rings. The molecule has 3 heterocycles. The highest BCUT2D eigenvalue weighted by molar-refractivity contribution is 9.10. The fourth-order valence-corrected chi connectivity index (χ4v) is 3.50. The topological polar surface area (TPSA) is 94.9 Å². The van der Waals surface area contributed by atoms with Crippen molar-refractivity contribution < 1.29 is 9.90 Å². The Morgan fingerprint density at radius 2 is 2.12 bits per heavy atom. The number of aryl methyl sites for hydroxylation is 2. The fourth-order valence-electron chi connectivity index (χ4n) is 3.14. The van der Waals surface area contributed by atoms with Crippen LogP contribution in [0.5, 0.6) is 0 Å². The summed E-state index contributed by atoms with van der Waals surface area (Å²) >= 11 is 3.47. The zero-order valence-corrected chi connectivity index (χ0v) is 15.6. The number of carboxylic acid groups (broad SMARTS) is 1. The lowest BCUT2D eigenvalue weighted by atomic mass is 10.2. The normalized spacial score (nSPS) is 11.5. The Morgan fingerprint density at radius 1 is 1.35 bits per heavy atom. The molecule has 0 saturated heterocycles. The molecule has 1 N–H and O–H groups in total. The first-order valence-electron chi connectivity index (χ1n) is 7.78. The summed E-state index contributed by atoms with van der Waals surface area (Å²) in [5.74, 6) is -0.997. The van der Waals surface area contributed by atoms with Crippen molar-refractivity contribution in [3.63, 3.8) is 0 Å². The van der Waals surface area contributed by atoms with Gasteiger partial charge in [0.2, 0.25) is 0 Å². The third-order valence-electron chi connectivity index (χ3n) is 4.30. The van der Waals surface area contributed by atoms with Gasteiger partial charge in [0.1, 0.15) is 6.54 Å². The van der Waals surface area contributed by atoms with Gasteiger partial charge in [-0.25, -0.2) is 4.79 Å². The maximum atomic E-state index is 12.9. The molecule has 132 valence electrons. The molecule has 26 heavy (non-hydrogen) atoms. The Bertz CT molecular complexity index is 1250. The predicted molar refractivity (Wildman–Crippen MR) is 99.7 cm³/mol. The first-order valence-corrected chi connectivity index (χ1v) is 8.58. The number of hydrogen-bond donors (Lipinski definition) is 1. The quantitative estimate of drug-likeness (QED) is 0.553. The number of aromatic nitrogens is 5. The first-order chi connectivity index (χ1) is 12.4. The highest BCUT2D eigenvalue weighted by Crippen LogP contribution is 2.28. The second-order valence-corrected chi connectivity index (χ2v) is 6.94. The Hall–Kier alpha value is -2.94. The fraction of sp³-hybridized carbons (Fsp3) is 0.176. The van der Waals surface area contributed by atoms with Crippen LogP contribution in [0.15, 0.2) is 39.9 Å². The second-order valence-electron chi connectivity index (χ2n) is 6.02. The Balaban J connectivity index is 2.11. The largest absolute Gasteiger partial charge is 0.480 e. The molecule has 4 rings (SSSR count). The maximum absolute atomic E-state index is 12.9. The second kappa shape index (κ2) is 5.80. The van der Waals surface area contributed by atoms with Crippen LogP contribution in [-0.4, -0.2) is 35.0 Å². The van der Waals surface area contributed by atoms with Gasteiger partial charge in [-0.05, 0) is 25.1 Å². The van der Waals surface area contributed by atoms with Gasteiger partial charge >= 0.3 is 11.7 Å². The Labute approximate surface area is 155 Å². The van der Waals surface area contributed by atoms with Gasteiger partial charge < -0.3 is 5.11 Å². The molecule has 9 heteroatoms. The van der Waals surface area contributed by atoms with Crippen LogP contribution in [0.3, 0.4) is 0 Å². The minimum Gasteiger partial charge on any atom is -0.480 e. The van der Waals surface area contributed by atoms with Crippen LogP contribution in [0.2, 0.25) is 0 Å². The summed E-state index contributed by atoms with van der Waals surface area (Å²) in [6.07, 6.45) is 3.25. The third kappa shape index (κ3) is 2.43. The molecule has 4 aromatic rings. The predicted octanol–water partition coefficient (Wildman–Crippen LogP) is 2.23. The summed E-state index contributed by atoms with van der Waals surface area (Å²) in [5, 5.41) is 14.0. The van der Waals surface area contributed by atoms with Crippen molar-refractivity contribution in [2.75, 3.05) is 0 Å². The summed E-state index contributed by atoms with van der Waals surface area (Å²) in [6, 6.07) is 5.68. The van der Waals surface area contributed by atoms with E-state index in [1.54, 1.807) is 30.9 Å². The van der Waals surface area contributed by atoms with E-state index < -0.39 is 5.97 Å². The van der Waals surface area contributed by atoms with Crippen molar-refractivity contribution in [3.05, 3.63) is 51.2 Å². The lowest BCUT2D eigenvalue weighted by molar-refractivity contribution is -0.137. The average Bonchev–Trinajstić information content (AvgIpc) is 3.05. The SMILES string of the molecule is Cc1nn(CC(=O)O)cc1-n1c(=O)n(C)c2cnc3ccc(Br)cc3c21. The van der Waals surface area contributed by atoms with E-state index in [0.29, 0.717) is 22.4 Å². The molecule has 0 spiro atoms. The number of fused-ring (bicyclic) bond motifs is 3. The summed E-state index contributed by atoms with van der Waals surface area (Å²) in [7, 11) is 1.68. The van der Waals surface area contributed by atoms with E-state index in [-0.39, 0.29) is 12.2 Å². The monoisotopic (exact) mass is 415 g/mol. The van der Waals surface area contributed by atoms with Gasteiger partial charge in [0.15, 0.2) is 0 Å². The van der Waals surface area contributed by atoms with Crippen LogP contribution >= 0.6 is 15.9 Å². The number of aliphatic carboxylic acids is 1. The van der Waals surface area contributed by atoms with Crippen molar-refractivity contribution in [2.24, 2.45) is 7.05 Å². The smallest absolute Gasteiger partial charge is 0.333 e. The highest BCUT2D eigenvalue weighted by Gasteiger charge is 2.19. The zero-order chi connectivity index (χ0) is 18.6. The van der Waals surface area contributed by atoms with Crippen LogP contribution in [0.25, 0.3) is 27.6 Å². The molecule has 0 radical (unpaired) electrons. The van der Waals surface area contributed by atoms with Crippen LogP contribution < -0.4 is 5.69 Å². The van der Waals surface area contributed by atoms with Gasteiger partial charge in [0.25, 0.3) is 0 Å². The number of imidazole rings is 1. The molecule has 0 amide bonds. The minimum absolute atomic E-state index is 0.243. The first kappa shape index (κ1) is 16.5. The molecule has 8 nitrogen and oxygen atoms in total. The molecule has 3 aromatic heterocycles. The van der Waals surface area contributed by atoms with Crippen LogP contribution in [0, 0.1) is 6.92 Å². The standard InChI is InChI=1S/C17H14BrN5O3/c1-9-14(7-22(20-9)8-15(24)25)23-16-11-5-10(18)3-4-12(11)19-6-13(16)21(2)17(23)26/h3-7H,8H2,1-2H3,(H,24,25). The number of rotatable bonds is 3. The minimum atomic E-state index is -0.997. The number of halogens is 1. The molecule has 1 aromatic carbocycles. The van der Waals surface area contributed by atoms with Gasteiger partial charge in [-0.1, -0.05) is 15.9 Å². The molecule has 0 bridgehead atoms. The van der Waals surface area contributed by atoms with Gasteiger partial charge in [-0.3, -0.25) is 23.6 Å². The van der Waals surface area contributed by atoms with Crippen molar-refractivity contribution in [2.45, 2.75) is 13.5 Å². The van der Waals surface area contributed by atoms with E-state index in [1.165, 1.54) is 9.25 Å². The van der Waals surface area contributed by atoms with E-state index in [9.17, 15) is 9.59 Å². The third-order valence-corrected chi connectivity index (χ3v) is 4.80. The molecular weight excluding hydrogens is 402 g/mol. The van der Waals surface area contributed by atoms with Crippen LogP contribution in [0.1, 0.15) is 5.69 Å². The van der Waals surface area contributed by atoms with Crippen LogP contribution in [0.4, 0.5) is 0 Å². The van der Waals surface area contributed by atoms with E-state index in [2.05, 4.69) is 26.0 Å². The molecule has 0 aliphatic heterocycles. The average molecular weight is 416 g/mol. The molecule has 0 aliphatic carbocycles. The summed E-state index contributed by atoms with van der Waals surface area (Å²) in [4.78, 5) is 28.3.